The number of hydrogen-bond acceptors (Lipinski definition) is 6. The van der Waals surface area contributed by atoms with Crippen molar-refractivity contribution in [3.63, 3.8) is 0 Å². The van der Waals surface area contributed by atoms with Gasteiger partial charge in [0.2, 0.25) is 0 Å². The minimum Gasteiger partial charge on any atom is -0.476 e. The SMILES string of the molecule is CC(=O)c1sc(NC2CCCOC2)nc1C(=O)O. The molecule has 0 bridgehead atoms. The molecular formula is C11H14N2O4S. The average molecular weight is 270 g/mol. The lowest BCUT2D eigenvalue weighted by atomic mass is 10.1. The third-order valence-electron chi connectivity index (χ3n) is 2.64. The molecule has 0 aromatic carbocycles. The molecule has 0 spiro atoms. The van der Waals surface area contributed by atoms with Gasteiger partial charge < -0.3 is 15.2 Å². The van der Waals surface area contributed by atoms with Crippen LogP contribution >= 0.6 is 11.3 Å². The van der Waals surface area contributed by atoms with Crippen LogP contribution in [0.5, 0.6) is 0 Å². The average Bonchev–Trinajstić information content (AvgIpc) is 2.74. The molecule has 18 heavy (non-hydrogen) atoms. The van der Waals surface area contributed by atoms with Crippen molar-refractivity contribution in [2.24, 2.45) is 0 Å². The number of nitrogens with one attached hydrogen (secondary N) is 1. The zero-order chi connectivity index (χ0) is 13.1. The molecule has 2 N–H and O–H groups in total. The number of thiazole rings is 1. The van der Waals surface area contributed by atoms with Gasteiger partial charge in [-0.1, -0.05) is 11.3 Å². The number of carboxylic acid groups (broad SMARTS) is 1. The number of ketones is 1. The Morgan fingerprint density at radius 2 is 2.33 bits per heavy atom. The van der Waals surface area contributed by atoms with Crippen LogP contribution in [0.15, 0.2) is 0 Å². The monoisotopic (exact) mass is 270 g/mol. The van der Waals surface area contributed by atoms with Crippen LogP contribution in [-0.4, -0.2) is 41.1 Å². The van der Waals surface area contributed by atoms with Gasteiger partial charge in [0, 0.05) is 13.5 Å². The highest BCUT2D eigenvalue weighted by atomic mass is 32.1. The van der Waals surface area contributed by atoms with Gasteiger partial charge in [0.15, 0.2) is 16.6 Å². The predicted octanol–water partition coefficient (Wildman–Crippen LogP) is 1.63. The molecule has 6 nitrogen and oxygen atoms in total. The fourth-order valence-corrected chi connectivity index (χ4v) is 2.72. The Labute approximate surface area is 108 Å². The lowest BCUT2D eigenvalue weighted by Gasteiger charge is -2.22. The van der Waals surface area contributed by atoms with Crippen LogP contribution in [0.3, 0.4) is 0 Å². The molecule has 0 amide bonds. The number of Topliss-reactive ketones (excluding diaryl/α,β-unsaturated/α-hetero) is 1. The van der Waals surface area contributed by atoms with Gasteiger partial charge in [-0.3, -0.25) is 4.79 Å². The van der Waals surface area contributed by atoms with E-state index in [-0.39, 0.29) is 22.4 Å². The maximum Gasteiger partial charge on any atom is 0.356 e. The van der Waals surface area contributed by atoms with E-state index in [1.807, 2.05) is 0 Å². The molecule has 1 aromatic rings. The topological polar surface area (TPSA) is 88.5 Å². The van der Waals surface area contributed by atoms with Gasteiger partial charge in [0.05, 0.1) is 12.6 Å². The van der Waals surface area contributed by atoms with Gasteiger partial charge >= 0.3 is 5.97 Å². The summed E-state index contributed by atoms with van der Waals surface area (Å²) in [4.78, 5) is 26.4. The van der Waals surface area contributed by atoms with Crippen LogP contribution in [0, 0.1) is 0 Å². The molecule has 0 saturated carbocycles. The number of carbonyl (C=O) groups excluding carboxylic acids is 1. The molecular weight excluding hydrogens is 256 g/mol. The second-order valence-electron chi connectivity index (χ2n) is 4.12. The Morgan fingerprint density at radius 1 is 1.56 bits per heavy atom. The number of anilines is 1. The summed E-state index contributed by atoms with van der Waals surface area (Å²) in [7, 11) is 0. The maximum absolute atomic E-state index is 11.3. The van der Waals surface area contributed by atoms with E-state index in [2.05, 4.69) is 10.3 Å². The zero-order valence-electron chi connectivity index (χ0n) is 9.93. The molecule has 2 heterocycles. The van der Waals surface area contributed by atoms with Gasteiger partial charge in [-0.25, -0.2) is 9.78 Å². The molecule has 98 valence electrons. The summed E-state index contributed by atoms with van der Waals surface area (Å²) in [6.45, 7) is 2.68. The predicted molar refractivity (Wildman–Crippen MR) is 66.5 cm³/mol. The summed E-state index contributed by atoms with van der Waals surface area (Å²) in [5.74, 6) is -1.46. The first-order valence-corrected chi connectivity index (χ1v) is 6.49. The van der Waals surface area contributed by atoms with Crippen molar-refractivity contribution in [3.05, 3.63) is 10.6 Å². The van der Waals surface area contributed by atoms with Crippen LogP contribution < -0.4 is 5.32 Å². The number of hydrogen-bond donors (Lipinski definition) is 2. The normalized spacial score (nSPS) is 19.5. The van der Waals surface area contributed by atoms with Gasteiger partial charge in [-0.2, -0.15) is 0 Å². The van der Waals surface area contributed by atoms with Crippen molar-refractivity contribution in [1.82, 2.24) is 4.98 Å². The molecule has 1 fully saturated rings. The Morgan fingerprint density at radius 3 is 2.83 bits per heavy atom. The van der Waals surface area contributed by atoms with Gasteiger partial charge in [-0.05, 0) is 12.8 Å². The third kappa shape index (κ3) is 2.85. The summed E-state index contributed by atoms with van der Waals surface area (Å²) >= 11 is 1.08. The molecule has 0 aliphatic carbocycles. The van der Waals surface area contributed by atoms with E-state index in [1.165, 1.54) is 6.92 Å². The second-order valence-corrected chi connectivity index (χ2v) is 5.12. The van der Waals surface area contributed by atoms with Crippen LogP contribution in [-0.2, 0) is 4.74 Å². The Kier molecular flexibility index (Phi) is 3.93. The quantitative estimate of drug-likeness (QED) is 0.808. The number of rotatable bonds is 4. The first-order chi connectivity index (χ1) is 8.58. The van der Waals surface area contributed by atoms with Crippen LogP contribution in [0.4, 0.5) is 5.13 Å². The van der Waals surface area contributed by atoms with Crippen molar-refractivity contribution >= 4 is 28.2 Å². The summed E-state index contributed by atoms with van der Waals surface area (Å²) < 4.78 is 5.32. The maximum atomic E-state index is 11.3. The second kappa shape index (κ2) is 5.45. The fourth-order valence-electron chi connectivity index (χ4n) is 1.79. The lowest BCUT2D eigenvalue weighted by Crippen LogP contribution is -2.29. The molecule has 1 aromatic heterocycles. The van der Waals surface area contributed by atoms with Crippen LogP contribution in [0.2, 0.25) is 0 Å². The fraction of sp³-hybridized carbons (Fsp3) is 0.545. The Bertz CT molecular complexity index is 434. The summed E-state index contributed by atoms with van der Waals surface area (Å²) in [5.41, 5.74) is -0.174. The van der Waals surface area contributed by atoms with Crippen molar-refractivity contribution in [2.75, 3.05) is 18.5 Å². The highest BCUT2D eigenvalue weighted by Crippen LogP contribution is 2.25. The van der Waals surface area contributed by atoms with Crippen molar-refractivity contribution in [1.29, 1.82) is 0 Å². The third-order valence-corrected chi connectivity index (χ3v) is 3.72. The molecule has 1 unspecified atom stereocenters. The summed E-state index contributed by atoms with van der Waals surface area (Å²) in [5, 5.41) is 12.6. The number of carboxylic acids is 1. The molecule has 1 atom stereocenters. The Hall–Kier alpha value is -1.47. The molecule has 1 aliphatic heterocycles. The number of aromatic carboxylic acids is 1. The van der Waals surface area contributed by atoms with E-state index in [9.17, 15) is 9.59 Å². The summed E-state index contributed by atoms with van der Waals surface area (Å²) in [6.07, 6.45) is 1.92. The van der Waals surface area contributed by atoms with Gasteiger partial charge in [0.25, 0.3) is 0 Å². The number of nitrogens with zero attached hydrogens (tertiary/aromatic N) is 1. The largest absolute Gasteiger partial charge is 0.476 e. The van der Waals surface area contributed by atoms with E-state index in [0.29, 0.717) is 11.7 Å². The first kappa shape index (κ1) is 13.0. The summed E-state index contributed by atoms with van der Waals surface area (Å²) in [6, 6.07) is 0.131. The highest BCUT2D eigenvalue weighted by molar-refractivity contribution is 7.17. The van der Waals surface area contributed by atoms with Crippen LogP contribution in [0.25, 0.3) is 0 Å². The molecule has 1 aliphatic rings. The van der Waals surface area contributed by atoms with E-state index in [1.54, 1.807) is 0 Å². The zero-order valence-corrected chi connectivity index (χ0v) is 10.7. The van der Waals surface area contributed by atoms with Crippen molar-refractivity contribution < 1.29 is 19.4 Å². The van der Waals surface area contributed by atoms with Gasteiger partial charge in [0.1, 0.15) is 4.88 Å². The Balaban J connectivity index is 2.15. The van der Waals surface area contributed by atoms with Crippen molar-refractivity contribution in [3.8, 4) is 0 Å². The number of aromatic nitrogens is 1. The smallest absolute Gasteiger partial charge is 0.356 e. The molecule has 2 rings (SSSR count). The van der Waals surface area contributed by atoms with Gasteiger partial charge in [-0.15, -0.1) is 0 Å². The van der Waals surface area contributed by atoms with E-state index in [4.69, 9.17) is 9.84 Å². The highest BCUT2D eigenvalue weighted by Gasteiger charge is 2.22. The minimum atomic E-state index is -1.18. The molecule has 1 saturated heterocycles. The molecule has 0 radical (unpaired) electrons. The minimum absolute atomic E-state index is 0.131. The van der Waals surface area contributed by atoms with E-state index >= 15 is 0 Å². The lowest BCUT2D eigenvalue weighted by molar-refractivity contribution is 0.0687. The number of ether oxygens (including phenoxy) is 1. The van der Waals surface area contributed by atoms with E-state index in [0.717, 1.165) is 30.8 Å². The standard InChI is InChI=1S/C11H14N2O4S/c1-6(14)9-8(10(15)16)13-11(18-9)12-7-3-2-4-17-5-7/h7H,2-5H2,1H3,(H,12,13)(H,15,16). The van der Waals surface area contributed by atoms with Crippen LogP contribution in [0.1, 0.15) is 39.9 Å². The van der Waals surface area contributed by atoms with Crippen molar-refractivity contribution in [2.45, 2.75) is 25.8 Å². The number of carbonyl (C=O) groups is 2. The first-order valence-electron chi connectivity index (χ1n) is 5.67. The van der Waals surface area contributed by atoms with E-state index < -0.39 is 5.97 Å². The molecule has 7 heteroatoms.